The van der Waals surface area contributed by atoms with Crippen LogP contribution in [0, 0.1) is 59.2 Å². The summed E-state index contributed by atoms with van der Waals surface area (Å²) in [4.78, 5) is 40.0. The summed E-state index contributed by atoms with van der Waals surface area (Å²) in [7, 11) is 2.25. The molecule has 6 heteroatoms. The van der Waals surface area contributed by atoms with E-state index in [1.165, 1.54) is 70.8 Å². The van der Waals surface area contributed by atoms with E-state index in [9.17, 15) is 14.4 Å². The highest BCUT2D eigenvalue weighted by atomic mass is 16.1. The summed E-state index contributed by atoms with van der Waals surface area (Å²) >= 11 is 0. The van der Waals surface area contributed by atoms with Gasteiger partial charge in [0.05, 0.1) is 0 Å². The number of hydrogen-bond acceptors (Lipinski definition) is 6. The van der Waals surface area contributed by atoms with Gasteiger partial charge >= 0.3 is 0 Å². The fraction of sp³-hybridized carbons (Fsp3) is 0.886. The first kappa shape index (κ1) is 41.4. The van der Waals surface area contributed by atoms with Crippen LogP contribution < -0.4 is 0 Å². The summed E-state index contributed by atoms with van der Waals surface area (Å²) in [5.74, 6) is 9.04. The minimum absolute atomic E-state index is 0.222. The maximum absolute atomic E-state index is 11.7. The van der Waals surface area contributed by atoms with Crippen LogP contribution in [0.3, 0.4) is 0 Å². The van der Waals surface area contributed by atoms with Gasteiger partial charge in [-0.1, -0.05) is 20.4 Å². The second kappa shape index (κ2) is 19.6. The summed E-state index contributed by atoms with van der Waals surface area (Å²) < 4.78 is 0. The van der Waals surface area contributed by atoms with Crippen molar-refractivity contribution in [2.45, 2.75) is 144 Å². The molecule has 0 aromatic heterocycles. The number of Topliss-reactive ketones (excluding diaryl/α,β-unsaturated/α-hetero) is 2. The van der Waals surface area contributed by atoms with Crippen molar-refractivity contribution < 1.29 is 14.4 Å². The van der Waals surface area contributed by atoms with Crippen LogP contribution in [0.2, 0.25) is 0 Å². The molecule has 6 nitrogen and oxygen atoms in total. The Balaban J connectivity index is 0.000000145. The molecule has 8 rings (SSSR count). The molecule has 5 saturated carbocycles. The number of nitrogens with zero attached hydrogens (tertiary/aromatic N) is 3. The van der Waals surface area contributed by atoms with Crippen molar-refractivity contribution in [3.05, 3.63) is 12.7 Å². The van der Waals surface area contributed by atoms with Crippen LogP contribution in [0.5, 0.6) is 0 Å². The molecular weight excluding hydrogens is 619 g/mol. The molecule has 3 heterocycles. The molecule has 3 aliphatic heterocycles. The molecule has 3 saturated heterocycles. The van der Waals surface area contributed by atoms with E-state index in [4.69, 9.17) is 0 Å². The fourth-order valence-corrected chi connectivity index (χ4v) is 8.34. The van der Waals surface area contributed by atoms with Crippen LogP contribution in [0.15, 0.2) is 12.7 Å². The number of carbonyl (C=O) groups excluding carboxylic acids is 3. The average molecular weight is 696 g/mol. The molecule has 50 heavy (non-hydrogen) atoms. The fourth-order valence-electron chi connectivity index (χ4n) is 8.34. The molecule has 5 unspecified atom stereocenters. The highest BCUT2D eigenvalue weighted by Gasteiger charge is 2.39. The number of carbonyl (C=O) groups is 3. The van der Waals surface area contributed by atoms with E-state index in [-0.39, 0.29) is 5.78 Å². The van der Waals surface area contributed by atoms with E-state index in [0.717, 1.165) is 99.6 Å². The molecular formula is C44H77N3O3. The number of rotatable bonds is 11. The molecule has 5 aliphatic carbocycles. The predicted octanol–water partition coefficient (Wildman–Crippen LogP) is 8.58. The van der Waals surface area contributed by atoms with Gasteiger partial charge in [0.15, 0.2) is 5.78 Å². The lowest BCUT2D eigenvalue weighted by atomic mass is 9.89. The van der Waals surface area contributed by atoms with Crippen LogP contribution in [0.25, 0.3) is 0 Å². The Kier molecular flexibility index (Phi) is 16.3. The molecule has 5 atom stereocenters. The first-order valence-electron chi connectivity index (χ1n) is 21.2. The van der Waals surface area contributed by atoms with Crippen LogP contribution in [-0.4, -0.2) is 90.4 Å². The van der Waals surface area contributed by atoms with Crippen molar-refractivity contribution in [3.8, 4) is 0 Å². The third-order valence-electron chi connectivity index (χ3n) is 13.3. The molecule has 0 aromatic rings. The van der Waals surface area contributed by atoms with Gasteiger partial charge < -0.3 is 14.7 Å². The number of allylic oxidation sites excluding steroid dienone is 1. The van der Waals surface area contributed by atoms with Crippen molar-refractivity contribution in [2.75, 3.05) is 46.3 Å². The van der Waals surface area contributed by atoms with Crippen LogP contribution in [-0.2, 0) is 14.4 Å². The van der Waals surface area contributed by atoms with Crippen molar-refractivity contribution >= 4 is 17.3 Å². The van der Waals surface area contributed by atoms with Crippen LogP contribution in [0.1, 0.15) is 132 Å². The number of hydrogen-bond donors (Lipinski definition) is 0. The van der Waals surface area contributed by atoms with Gasteiger partial charge in [0.25, 0.3) is 0 Å². The zero-order valence-corrected chi connectivity index (χ0v) is 33.7. The Labute approximate surface area is 307 Å². The van der Waals surface area contributed by atoms with E-state index >= 15 is 0 Å². The highest BCUT2D eigenvalue weighted by Crippen LogP contribution is 2.43. The molecule has 0 aromatic carbocycles. The van der Waals surface area contributed by atoms with Crippen molar-refractivity contribution in [1.29, 1.82) is 0 Å². The van der Waals surface area contributed by atoms with Gasteiger partial charge in [0.1, 0.15) is 11.6 Å². The highest BCUT2D eigenvalue weighted by molar-refractivity contribution is 5.92. The van der Waals surface area contributed by atoms with Gasteiger partial charge in [-0.15, -0.1) is 0 Å². The largest absolute Gasteiger partial charge is 0.306 e. The molecule has 0 amide bonds. The smallest absolute Gasteiger partial charge is 0.158 e. The summed E-state index contributed by atoms with van der Waals surface area (Å²) in [6.45, 7) is 26.6. The topological polar surface area (TPSA) is 60.9 Å². The summed E-state index contributed by atoms with van der Waals surface area (Å²) in [6, 6.07) is 1.37. The predicted molar refractivity (Wildman–Crippen MR) is 208 cm³/mol. The lowest BCUT2D eigenvalue weighted by molar-refractivity contribution is -0.123. The van der Waals surface area contributed by atoms with E-state index in [0.29, 0.717) is 41.3 Å². The molecule has 8 fully saturated rings. The van der Waals surface area contributed by atoms with Crippen molar-refractivity contribution in [2.24, 2.45) is 59.2 Å². The van der Waals surface area contributed by atoms with Crippen LogP contribution >= 0.6 is 0 Å². The Bertz CT molecular complexity index is 1080. The van der Waals surface area contributed by atoms with Crippen molar-refractivity contribution in [3.63, 3.8) is 0 Å². The molecule has 0 spiro atoms. The number of ketones is 3. The SMILES string of the molecule is C=CC(=O)C1CC1.CC(=O)C1CC1.CC(C)N1CCC(C(=O)C2CC2)C1.CC(C1CC1)C1CCN(C(C)C)C1.CC(C1CC1)C1CCN(C)C1. The molecule has 286 valence electrons. The van der Waals surface area contributed by atoms with E-state index in [1.54, 1.807) is 6.92 Å². The Morgan fingerprint density at radius 2 is 1.00 bits per heavy atom. The lowest BCUT2D eigenvalue weighted by Gasteiger charge is -2.22. The van der Waals surface area contributed by atoms with Gasteiger partial charge in [-0.3, -0.25) is 14.4 Å². The minimum Gasteiger partial charge on any atom is -0.306 e. The lowest BCUT2D eigenvalue weighted by Crippen LogP contribution is -2.29. The first-order valence-corrected chi connectivity index (χ1v) is 21.2. The van der Waals surface area contributed by atoms with Gasteiger partial charge in [-0.25, -0.2) is 0 Å². The zero-order valence-electron chi connectivity index (χ0n) is 33.7. The first-order chi connectivity index (χ1) is 23.8. The second-order valence-corrected chi connectivity index (χ2v) is 18.4. The Hall–Kier alpha value is -1.37. The Morgan fingerprint density at radius 1 is 0.540 bits per heavy atom. The van der Waals surface area contributed by atoms with E-state index in [2.05, 4.69) is 69.9 Å². The van der Waals surface area contributed by atoms with Gasteiger partial charge in [0.2, 0.25) is 0 Å². The summed E-state index contributed by atoms with van der Waals surface area (Å²) in [6.07, 6.45) is 18.3. The minimum atomic E-state index is 0.222. The quantitative estimate of drug-likeness (QED) is 0.202. The van der Waals surface area contributed by atoms with Crippen molar-refractivity contribution in [1.82, 2.24) is 14.7 Å². The zero-order chi connectivity index (χ0) is 36.5. The van der Waals surface area contributed by atoms with Gasteiger partial charge in [0, 0.05) is 55.4 Å². The third kappa shape index (κ3) is 14.2. The summed E-state index contributed by atoms with van der Waals surface area (Å²) in [5.41, 5.74) is 0. The monoisotopic (exact) mass is 696 g/mol. The van der Waals surface area contributed by atoms with E-state index < -0.39 is 0 Å². The maximum atomic E-state index is 11.7. The molecule has 8 aliphatic rings. The normalized spacial score (nSPS) is 29.4. The van der Waals surface area contributed by atoms with Gasteiger partial charge in [-0.2, -0.15) is 0 Å². The third-order valence-corrected chi connectivity index (χ3v) is 13.3. The Morgan fingerprint density at radius 3 is 1.32 bits per heavy atom. The van der Waals surface area contributed by atoms with Crippen LogP contribution in [0.4, 0.5) is 0 Å². The number of likely N-dealkylation sites (tertiary alicyclic amines) is 3. The van der Waals surface area contributed by atoms with E-state index in [1.807, 2.05) is 0 Å². The standard InChI is InChI=1S/C12H23N.C11H19NO.C10H19N.C6H8O.C5H8O/c1-9(2)13-7-6-12(8-13)10(3)11-4-5-11;1-8(2)12-6-5-10(7-12)11(13)9-3-4-9;1-8(9-3-4-9)10-5-6-11(2)7-10;1-2-6(7)5-3-4-5;1-4(6)5-2-3-5/h9-12H,4-8H2,1-3H3;8-10H,3-7H2,1-2H3;8-10H,3-7H2,1-2H3;2,5H,1,3-4H2;5H,2-3H2,1H3. The molecule has 0 bridgehead atoms. The maximum Gasteiger partial charge on any atom is 0.158 e. The second-order valence-electron chi connectivity index (χ2n) is 18.4. The van der Waals surface area contributed by atoms with Gasteiger partial charge in [-0.05, 0) is 186 Å². The molecule has 0 N–H and O–H groups in total. The summed E-state index contributed by atoms with van der Waals surface area (Å²) in [5, 5.41) is 0. The average Bonchev–Trinajstić information content (AvgIpc) is 3.90. The molecule has 0 radical (unpaired) electrons.